The molecule has 0 aromatic heterocycles. The minimum atomic E-state index is -4.02. The van der Waals surface area contributed by atoms with Gasteiger partial charge in [-0.2, -0.15) is 13.2 Å². The van der Waals surface area contributed by atoms with Crippen LogP contribution in [0.1, 0.15) is 46.5 Å². The van der Waals surface area contributed by atoms with Crippen LogP contribution in [0.2, 0.25) is 0 Å². The van der Waals surface area contributed by atoms with E-state index in [1.807, 2.05) is 7.05 Å². The van der Waals surface area contributed by atoms with Crippen molar-refractivity contribution in [1.29, 1.82) is 0 Å². The molecule has 1 N–H and O–H groups in total. The first-order valence-corrected chi connectivity index (χ1v) is 5.47. The van der Waals surface area contributed by atoms with E-state index in [0.717, 1.165) is 6.42 Å². The summed E-state index contributed by atoms with van der Waals surface area (Å²) in [4.78, 5) is 0. The lowest BCUT2D eigenvalue weighted by Gasteiger charge is -2.33. The van der Waals surface area contributed by atoms with Crippen LogP contribution in [0.5, 0.6) is 0 Å². The Kier molecular flexibility index (Phi) is 5.63. The van der Waals surface area contributed by atoms with Crippen LogP contribution in [-0.2, 0) is 0 Å². The maximum absolute atomic E-state index is 12.0. The predicted molar refractivity (Wildman–Crippen MR) is 56.8 cm³/mol. The van der Waals surface area contributed by atoms with Crippen LogP contribution in [0.25, 0.3) is 0 Å². The molecule has 1 atom stereocenters. The number of hydrogen-bond donors (Lipinski definition) is 1. The third-order valence-corrected chi connectivity index (χ3v) is 3.16. The Morgan fingerprint density at radius 3 is 2.07 bits per heavy atom. The fourth-order valence-electron chi connectivity index (χ4n) is 1.68. The van der Waals surface area contributed by atoms with Gasteiger partial charge in [-0.25, -0.2) is 0 Å². The molecular weight excluding hydrogens is 203 g/mol. The van der Waals surface area contributed by atoms with Crippen molar-refractivity contribution in [1.82, 2.24) is 5.32 Å². The van der Waals surface area contributed by atoms with Gasteiger partial charge in [0, 0.05) is 12.5 Å². The molecule has 0 aromatic carbocycles. The first kappa shape index (κ1) is 14.8. The van der Waals surface area contributed by atoms with Gasteiger partial charge < -0.3 is 5.32 Å². The van der Waals surface area contributed by atoms with Crippen molar-refractivity contribution in [3.63, 3.8) is 0 Å². The van der Waals surface area contributed by atoms with Crippen LogP contribution in [0.15, 0.2) is 0 Å². The molecule has 0 aliphatic heterocycles. The van der Waals surface area contributed by atoms with E-state index in [9.17, 15) is 13.2 Å². The number of rotatable bonds is 6. The van der Waals surface area contributed by atoms with Crippen molar-refractivity contribution >= 4 is 0 Å². The second kappa shape index (κ2) is 5.73. The lowest BCUT2D eigenvalue weighted by Crippen LogP contribution is -2.39. The van der Waals surface area contributed by atoms with Gasteiger partial charge in [-0.05, 0) is 31.7 Å². The van der Waals surface area contributed by atoms with E-state index in [1.165, 1.54) is 0 Å². The topological polar surface area (TPSA) is 12.0 Å². The molecule has 15 heavy (non-hydrogen) atoms. The van der Waals surface area contributed by atoms with E-state index < -0.39 is 12.6 Å². The van der Waals surface area contributed by atoms with Crippen LogP contribution >= 0.6 is 0 Å². The minimum Gasteiger partial charge on any atom is -0.316 e. The third-order valence-electron chi connectivity index (χ3n) is 3.16. The fraction of sp³-hybridized carbons (Fsp3) is 1.00. The van der Waals surface area contributed by atoms with Crippen molar-refractivity contribution in [3.05, 3.63) is 0 Å². The van der Waals surface area contributed by atoms with Gasteiger partial charge in [-0.15, -0.1) is 0 Å². The van der Waals surface area contributed by atoms with Gasteiger partial charge >= 0.3 is 6.18 Å². The number of halogens is 3. The number of hydrogen-bond acceptors (Lipinski definition) is 1. The van der Waals surface area contributed by atoms with Gasteiger partial charge in [0.2, 0.25) is 0 Å². The van der Waals surface area contributed by atoms with Crippen molar-refractivity contribution in [3.8, 4) is 0 Å². The number of nitrogens with one attached hydrogen (secondary N) is 1. The first-order chi connectivity index (χ1) is 6.73. The van der Waals surface area contributed by atoms with Gasteiger partial charge in [0.05, 0.1) is 0 Å². The Hall–Kier alpha value is -0.250. The molecule has 0 aromatic rings. The largest absolute Gasteiger partial charge is 0.389 e. The maximum Gasteiger partial charge on any atom is 0.389 e. The Morgan fingerprint density at radius 2 is 1.73 bits per heavy atom. The summed E-state index contributed by atoms with van der Waals surface area (Å²) in [7, 11) is 1.82. The van der Waals surface area contributed by atoms with E-state index >= 15 is 0 Å². The minimum absolute atomic E-state index is 0.0559. The Morgan fingerprint density at radius 1 is 1.20 bits per heavy atom. The molecule has 0 rings (SSSR count). The van der Waals surface area contributed by atoms with Crippen LogP contribution < -0.4 is 5.32 Å². The van der Waals surface area contributed by atoms with Crippen molar-refractivity contribution < 1.29 is 13.2 Å². The summed E-state index contributed by atoms with van der Waals surface area (Å²) in [5, 5.41) is 3.11. The summed E-state index contributed by atoms with van der Waals surface area (Å²) in [5.41, 5.74) is 0.0559. The highest BCUT2D eigenvalue weighted by Crippen LogP contribution is 2.30. The quantitative estimate of drug-likeness (QED) is 0.726. The van der Waals surface area contributed by atoms with Crippen molar-refractivity contribution in [2.75, 3.05) is 7.05 Å². The first-order valence-electron chi connectivity index (χ1n) is 5.47. The van der Waals surface area contributed by atoms with Crippen LogP contribution in [-0.4, -0.2) is 19.3 Å². The fourth-order valence-corrected chi connectivity index (χ4v) is 1.68. The molecule has 0 heterocycles. The summed E-state index contributed by atoms with van der Waals surface area (Å²) < 4.78 is 35.9. The lowest BCUT2D eigenvalue weighted by molar-refractivity contribution is -0.136. The predicted octanol–water partition coefficient (Wildman–Crippen LogP) is 3.74. The summed E-state index contributed by atoms with van der Waals surface area (Å²) in [6.07, 6.45) is -2.95. The molecule has 0 saturated heterocycles. The summed E-state index contributed by atoms with van der Waals surface area (Å²) in [6, 6.07) is 0.157. The zero-order valence-corrected chi connectivity index (χ0v) is 10.0. The molecule has 1 nitrogen and oxygen atoms in total. The summed E-state index contributed by atoms with van der Waals surface area (Å²) >= 11 is 0. The molecule has 1 unspecified atom stereocenters. The highest BCUT2D eigenvalue weighted by Gasteiger charge is 2.30. The molecule has 0 radical (unpaired) electrons. The molecule has 0 aliphatic rings. The average molecular weight is 225 g/mol. The monoisotopic (exact) mass is 225 g/mol. The Balaban J connectivity index is 4.02. The average Bonchev–Trinajstić information content (AvgIpc) is 2.10. The second-order valence-electron chi connectivity index (χ2n) is 4.69. The van der Waals surface area contributed by atoms with Gasteiger partial charge in [-0.3, -0.25) is 0 Å². The van der Waals surface area contributed by atoms with E-state index in [0.29, 0.717) is 6.42 Å². The molecule has 0 spiro atoms. The van der Waals surface area contributed by atoms with Crippen molar-refractivity contribution in [2.24, 2.45) is 5.41 Å². The SMILES string of the molecule is CCC(C)(C)C(CCCC(F)(F)F)NC. The van der Waals surface area contributed by atoms with Crippen LogP contribution in [0, 0.1) is 5.41 Å². The van der Waals surface area contributed by atoms with E-state index in [-0.39, 0.29) is 17.9 Å². The maximum atomic E-state index is 12.0. The van der Waals surface area contributed by atoms with E-state index in [1.54, 1.807) is 0 Å². The lowest BCUT2D eigenvalue weighted by atomic mass is 9.79. The molecule has 4 heteroatoms. The highest BCUT2D eigenvalue weighted by molar-refractivity contribution is 4.82. The zero-order valence-electron chi connectivity index (χ0n) is 10.0. The smallest absolute Gasteiger partial charge is 0.316 e. The van der Waals surface area contributed by atoms with Gasteiger partial charge in [0.15, 0.2) is 0 Å². The summed E-state index contributed by atoms with van der Waals surface area (Å²) in [6.45, 7) is 6.23. The normalized spacial score (nSPS) is 15.4. The standard InChI is InChI=1S/C11H22F3N/c1-5-10(2,3)9(15-4)7-6-8-11(12,13)14/h9,15H,5-8H2,1-4H3. The molecule has 0 aliphatic carbocycles. The van der Waals surface area contributed by atoms with Crippen molar-refractivity contribution in [2.45, 2.75) is 58.7 Å². The third kappa shape index (κ3) is 6.03. The molecule has 0 fully saturated rings. The zero-order chi connectivity index (χ0) is 12.1. The van der Waals surface area contributed by atoms with Gasteiger partial charge in [0.25, 0.3) is 0 Å². The van der Waals surface area contributed by atoms with E-state index in [2.05, 4.69) is 26.1 Å². The number of alkyl halides is 3. The molecular formula is C11H22F3N. The van der Waals surface area contributed by atoms with Crippen LogP contribution in [0.3, 0.4) is 0 Å². The van der Waals surface area contributed by atoms with Gasteiger partial charge in [-0.1, -0.05) is 20.8 Å². The van der Waals surface area contributed by atoms with E-state index in [4.69, 9.17) is 0 Å². The molecule has 0 bridgehead atoms. The Labute approximate surface area is 90.4 Å². The van der Waals surface area contributed by atoms with Crippen LogP contribution in [0.4, 0.5) is 13.2 Å². The van der Waals surface area contributed by atoms with Gasteiger partial charge in [0.1, 0.15) is 0 Å². The summed E-state index contributed by atoms with van der Waals surface area (Å²) in [5.74, 6) is 0. The second-order valence-corrected chi connectivity index (χ2v) is 4.69. The molecule has 0 saturated carbocycles. The Bertz CT molecular complexity index is 175. The molecule has 0 amide bonds. The molecule has 92 valence electrons. The highest BCUT2D eigenvalue weighted by atomic mass is 19.4.